The molecule has 0 spiro atoms. The molecule has 0 N–H and O–H groups in total. The Morgan fingerprint density at radius 3 is 2.08 bits per heavy atom. The van der Waals surface area contributed by atoms with Gasteiger partial charge in [0, 0.05) is 4.70 Å². The van der Waals surface area contributed by atoms with Gasteiger partial charge in [0.1, 0.15) is 0 Å². The molecule has 0 amide bonds. The van der Waals surface area contributed by atoms with Gasteiger partial charge in [0.15, 0.2) is 0 Å². The Kier molecular flexibility index (Phi) is 7.62. The van der Waals surface area contributed by atoms with Crippen LogP contribution in [-0.4, -0.2) is 0 Å². The van der Waals surface area contributed by atoms with Gasteiger partial charge in [-0.15, -0.1) is 34.0 Å². The summed E-state index contributed by atoms with van der Waals surface area (Å²) in [5.74, 6) is 0. The first-order valence-corrected chi connectivity index (χ1v) is 12.3. The Morgan fingerprint density at radius 2 is 1.38 bits per heavy atom. The van der Waals surface area contributed by atoms with Gasteiger partial charge in [-0.1, -0.05) is 71.1 Å². The summed E-state index contributed by atoms with van der Waals surface area (Å²) in [6.45, 7) is 2.29. The average molecular weight is 379 g/mol. The van der Waals surface area contributed by atoms with E-state index in [2.05, 4.69) is 23.8 Å². The molecule has 3 heteroatoms. The van der Waals surface area contributed by atoms with Crippen LogP contribution in [0.2, 0.25) is 0 Å². The van der Waals surface area contributed by atoms with Crippen molar-refractivity contribution in [3.8, 4) is 0 Å². The van der Waals surface area contributed by atoms with E-state index in [4.69, 9.17) is 0 Å². The molecule has 3 aromatic rings. The van der Waals surface area contributed by atoms with Gasteiger partial charge in [0.05, 0.1) is 14.1 Å². The van der Waals surface area contributed by atoms with Gasteiger partial charge in [-0.3, -0.25) is 0 Å². The minimum Gasteiger partial charge on any atom is -0.141 e. The van der Waals surface area contributed by atoms with Crippen LogP contribution in [-0.2, 0) is 6.42 Å². The first kappa shape index (κ1) is 18.4. The predicted octanol–water partition coefficient (Wildman–Crippen LogP) is 9.03. The molecule has 24 heavy (non-hydrogen) atoms. The third-order valence-electron chi connectivity index (χ3n) is 4.91. The molecule has 0 aliphatic rings. The van der Waals surface area contributed by atoms with Crippen LogP contribution in [0, 0.1) is 0 Å². The molecule has 0 nitrogen and oxygen atoms in total. The van der Waals surface area contributed by atoms with Gasteiger partial charge in [-0.2, -0.15) is 0 Å². The number of hydrogen-bond donors (Lipinski definition) is 0. The maximum absolute atomic E-state index is 2.41. The normalized spacial score (nSPS) is 11.9. The summed E-state index contributed by atoms with van der Waals surface area (Å²) in [5.41, 5.74) is 1.61. The third-order valence-corrected chi connectivity index (χ3v) is 8.51. The average Bonchev–Trinajstić information content (AvgIpc) is 3.26. The summed E-state index contributed by atoms with van der Waals surface area (Å²) in [7, 11) is 0. The molecule has 0 aliphatic heterocycles. The molecule has 3 rings (SSSR count). The highest BCUT2D eigenvalue weighted by Gasteiger charge is 2.11. The van der Waals surface area contributed by atoms with Crippen molar-refractivity contribution in [2.24, 2.45) is 0 Å². The first-order valence-electron chi connectivity index (χ1n) is 9.76. The molecule has 0 aromatic carbocycles. The van der Waals surface area contributed by atoms with E-state index in [9.17, 15) is 0 Å². The number of aryl methyl sites for hydroxylation is 1. The van der Waals surface area contributed by atoms with Crippen molar-refractivity contribution in [2.75, 3.05) is 0 Å². The molecular weight excluding hydrogens is 348 g/mol. The molecule has 0 atom stereocenters. The van der Waals surface area contributed by atoms with Gasteiger partial charge < -0.3 is 0 Å². The molecule has 132 valence electrons. The lowest BCUT2D eigenvalue weighted by atomic mass is 10.0. The van der Waals surface area contributed by atoms with Crippen LogP contribution >= 0.6 is 34.0 Å². The highest BCUT2D eigenvalue weighted by molar-refractivity contribution is 7.37. The van der Waals surface area contributed by atoms with Gasteiger partial charge >= 0.3 is 0 Å². The second-order valence-corrected chi connectivity index (χ2v) is 9.77. The summed E-state index contributed by atoms with van der Waals surface area (Å²) in [4.78, 5) is 0. The largest absolute Gasteiger partial charge is 0.141 e. The van der Waals surface area contributed by atoms with Crippen LogP contribution in [0.1, 0.15) is 83.1 Å². The van der Waals surface area contributed by atoms with E-state index in [1.807, 2.05) is 34.0 Å². The molecular formula is C21H30S3. The number of thiophene rings is 3. The minimum absolute atomic E-state index is 1.28. The molecule has 0 fully saturated rings. The minimum atomic E-state index is 1.28. The Morgan fingerprint density at radius 1 is 0.708 bits per heavy atom. The second-order valence-electron chi connectivity index (χ2n) is 6.92. The monoisotopic (exact) mass is 378 g/mol. The summed E-state index contributed by atoms with van der Waals surface area (Å²) < 4.78 is 6.13. The zero-order valence-corrected chi connectivity index (χ0v) is 17.4. The molecule has 3 aromatic heterocycles. The van der Waals surface area contributed by atoms with E-state index in [1.165, 1.54) is 86.4 Å². The van der Waals surface area contributed by atoms with E-state index < -0.39 is 0 Å². The van der Waals surface area contributed by atoms with Gasteiger partial charge in [-0.25, -0.2) is 0 Å². The Bertz CT molecular complexity index is 716. The predicted molar refractivity (Wildman–Crippen MR) is 115 cm³/mol. The highest BCUT2D eigenvalue weighted by atomic mass is 32.1. The lowest BCUT2D eigenvalue weighted by molar-refractivity contribution is 0.550. The van der Waals surface area contributed by atoms with E-state index in [-0.39, 0.29) is 0 Å². The lowest BCUT2D eigenvalue weighted by Gasteiger charge is -2.02. The maximum atomic E-state index is 2.41. The summed E-state index contributed by atoms with van der Waals surface area (Å²) in [6, 6.07) is 2.28. The fourth-order valence-corrected chi connectivity index (χ4v) is 7.30. The van der Waals surface area contributed by atoms with Gasteiger partial charge in [0.2, 0.25) is 0 Å². The van der Waals surface area contributed by atoms with Crippen LogP contribution in [0.3, 0.4) is 0 Å². The zero-order valence-electron chi connectivity index (χ0n) is 14.9. The van der Waals surface area contributed by atoms with E-state index in [1.54, 1.807) is 15.0 Å². The second kappa shape index (κ2) is 9.94. The Hall–Kier alpha value is -0.380. The van der Waals surface area contributed by atoms with Crippen LogP contribution in [0.25, 0.3) is 18.8 Å². The van der Waals surface area contributed by atoms with Crippen LogP contribution in [0.15, 0.2) is 16.8 Å². The van der Waals surface area contributed by atoms with Crippen LogP contribution in [0.5, 0.6) is 0 Å². The number of unbranched alkanes of at least 4 members (excludes halogenated alkanes) is 10. The zero-order chi connectivity index (χ0) is 16.6. The van der Waals surface area contributed by atoms with Crippen molar-refractivity contribution in [3.05, 3.63) is 22.4 Å². The topological polar surface area (TPSA) is 0 Å². The first-order chi connectivity index (χ1) is 11.9. The Labute approximate surface area is 158 Å². The smallest absolute Gasteiger partial charge is 0.0632 e. The Balaban J connectivity index is 1.29. The molecule has 0 radical (unpaired) electrons. The molecule has 0 bridgehead atoms. The van der Waals surface area contributed by atoms with Crippen molar-refractivity contribution in [2.45, 2.75) is 84.0 Å². The fourth-order valence-electron chi connectivity index (χ4n) is 3.46. The van der Waals surface area contributed by atoms with Crippen LogP contribution < -0.4 is 0 Å². The molecule has 0 saturated heterocycles. The summed E-state index contributed by atoms with van der Waals surface area (Å²) in [6.07, 6.45) is 17.0. The number of hydrogen-bond acceptors (Lipinski definition) is 3. The van der Waals surface area contributed by atoms with Gasteiger partial charge in [-0.05, 0) is 35.2 Å². The quantitative estimate of drug-likeness (QED) is 0.276. The standard InChI is InChI=1S/C21H30S3/c1-2-3-4-5-6-7-8-9-10-11-12-13-17-16-23-21-19(17)24-18-14-15-22-20(18)21/h14-16H,2-13H2,1H3. The van der Waals surface area contributed by atoms with Crippen LogP contribution in [0.4, 0.5) is 0 Å². The van der Waals surface area contributed by atoms with Gasteiger partial charge in [0.25, 0.3) is 0 Å². The number of fused-ring (bicyclic) bond motifs is 3. The maximum Gasteiger partial charge on any atom is 0.0632 e. The summed E-state index contributed by atoms with van der Waals surface area (Å²) >= 11 is 5.87. The highest BCUT2D eigenvalue weighted by Crippen LogP contribution is 2.43. The molecule has 0 aliphatic carbocycles. The number of rotatable bonds is 12. The molecule has 0 saturated carbocycles. The third kappa shape index (κ3) is 4.83. The fraction of sp³-hybridized carbons (Fsp3) is 0.619. The van der Waals surface area contributed by atoms with Crippen molar-refractivity contribution >= 4 is 52.8 Å². The molecule has 3 heterocycles. The lowest BCUT2D eigenvalue weighted by Crippen LogP contribution is -1.85. The van der Waals surface area contributed by atoms with E-state index in [0.29, 0.717) is 0 Å². The van der Waals surface area contributed by atoms with E-state index >= 15 is 0 Å². The van der Waals surface area contributed by atoms with Crippen molar-refractivity contribution in [1.29, 1.82) is 0 Å². The van der Waals surface area contributed by atoms with Crippen molar-refractivity contribution < 1.29 is 0 Å². The summed E-state index contributed by atoms with van der Waals surface area (Å²) in [5, 5.41) is 4.64. The van der Waals surface area contributed by atoms with Crippen molar-refractivity contribution in [1.82, 2.24) is 0 Å². The molecule has 0 unspecified atom stereocenters. The van der Waals surface area contributed by atoms with E-state index in [0.717, 1.165) is 0 Å². The van der Waals surface area contributed by atoms with Crippen molar-refractivity contribution in [3.63, 3.8) is 0 Å². The SMILES string of the molecule is CCCCCCCCCCCCCc1csc2c1sc1ccsc12.